The van der Waals surface area contributed by atoms with Crippen LogP contribution in [0.15, 0.2) is 30.6 Å². The first kappa shape index (κ1) is 11.2. The van der Waals surface area contributed by atoms with Crippen molar-refractivity contribution >= 4 is 16.7 Å². The minimum Gasteiger partial charge on any atom is -0.352 e. The molecule has 2 aliphatic heterocycles. The lowest BCUT2D eigenvalue weighted by molar-refractivity contribution is 0.230. The lowest BCUT2D eigenvalue weighted by atomic mass is 10.1. The molecule has 4 heterocycles. The molecule has 2 aromatic rings. The van der Waals surface area contributed by atoms with E-state index >= 15 is 0 Å². The molecule has 4 rings (SSSR count). The van der Waals surface area contributed by atoms with Gasteiger partial charge in [-0.3, -0.25) is 9.88 Å². The molecule has 4 nitrogen and oxygen atoms in total. The van der Waals surface area contributed by atoms with Gasteiger partial charge in [0, 0.05) is 43.5 Å². The summed E-state index contributed by atoms with van der Waals surface area (Å²) in [6, 6.07) is 6.85. The van der Waals surface area contributed by atoms with Crippen molar-refractivity contribution in [3.63, 3.8) is 0 Å². The molecule has 2 aromatic heterocycles. The average Bonchev–Trinajstić information content (AvgIpc) is 2.94. The quantitative estimate of drug-likeness (QED) is 0.778. The predicted molar refractivity (Wildman–Crippen MR) is 76.3 cm³/mol. The number of anilines is 1. The fourth-order valence-electron chi connectivity index (χ4n) is 3.40. The van der Waals surface area contributed by atoms with Gasteiger partial charge in [0.2, 0.25) is 0 Å². The van der Waals surface area contributed by atoms with Crippen LogP contribution in [0.2, 0.25) is 0 Å². The van der Waals surface area contributed by atoms with Crippen LogP contribution in [0.5, 0.6) is 0 Å². The topological polar surface area (TPSA) is 32.3 Å². The summed E-state index contributed by atoms with van der Waals surface area (Å²) in [7, 11) is 0. The number of pyridine rings is 2. The van der Waals surface area contributed by atoms with Gasteiger partial charge in [-0.2, -0.15) is 0 Å². The second-order valence-electron chi connectivity index (χ2n) is 5.49. The first-order valence-corrected chi connectivity index (χ1v) is 7.10. The Bertz CT molecular complexity index is 592. The maximum Gasteiger partial charge on any atom is 0.155 e. The molecule has 4 heteroatoms. The maximum atomic E-state index is 4.59. The zero-order chi connectivity index (χ0) is 12.7. The molecule has 2 saturated heterocycles. The van der Waals surface area contributed by atoms with Gasteiger partial charge in [0.25, 0.3) is 0 Å². The van der Waals surface area contributed by atoms with E-state index in [2.05, 4.69) is 25.8 Å². The summed E-state index contributed by atoms with van der Waals surface area (Å²) in [5, 5.41) is 1.18. The molecule has 2 fully saturated rings. The lowest BCUT2D eigenvalue weighted by Gasteiger charge is -2.38. The number of rotatable bonds is 1. The van der Waals surface area contributed by atoms with Gasteiger partial charge in [-0.25, -0.2) is 4.98 Å². The molecule has 0 radical (unpaired) electrons. The number of hydrogen-bond donors (Lipinski definition) is 0. The molecular weight excluding hydrogens is 236 g/mol. The summed E-state index contributed by atoms with van der Waals surface area (Å²) in [4.78, 5) is 14.2. The summed E-state index contributed by atoms with van der Waals surface area (Å²) in [5.74, 6) is 1.06. The molecule has 0 N–H and O–H groups in total. The number of hydrogen-bond acceptors (Lipinski definition) is 4. The second kappa shape index (κ2) is 4.46. The van der Waals surface area contributed by atoms with Crippen molar-refractivity contribution < 1.29 is 0 Å². The minimum absolute atomic E-state index is 0.717. The van der Waals surface area contributed by atoms with Crippen LogP contribution in [0.1, 0.15) is 12.8 Å². The van der Waals surface area contributed by atoms with Crippen LogP contribution in [0.25, 0.3) is 10.9 Å². The Hall–Kier alpha value is -1.68. The second-order valence-corrected chi connectivity index (χ2v) is 5.49. The standard InChI is InChI=1S/C15H18N4/c1-3-12-5-7-17-15(14(12)16-6-1)19-10-9-18-8-2-4-13(18)11-19/h1,3,5-7,13H,2,4,8-11H2/t13-/m0/s1. The summed E-state index contributed by atoms with van der Waals surface area (Å²) in [6.07, 6.45) is 6.44. The van der Waals surface area contributed by atoms with Crippen molar-refractivity contribution in [3.05, 3.63) is 30.6 Å². The van der Waals surface area contributed by atoms with Crippen molar-refractivity contribution in [2.24, 2.45) is 0 Å². The highest BCUT2D eigenvalue weighted by atomic mass is 15.3. The molecule has 0 bridgehead atoms. The van der Waals surface area contributed by atoms with E-state index in [0.717, 1.165) is 37.0 Å². The zero-order valence-electron chi connectivity index (χ0n) is 11.0. The third-order valence-electron chi connectivity index (χ3n) is 4.39. The zero-order valence-corrected chi connectivity index (χ0v) is 11.0. The molecule has 2 aliphatic rings. The molecule has 19 heavy (non-hydrogen) atoms. The fraction of sp³-hybridized carbons (Fsp3) is 0.467. The smallest absolute Gasteiger partial charge is 0.155 e. The Labute approximate surface area is 113 Å². The number of aromatic nitrogens is 2. The van der Waals surface area contributed by atoms with Gasteiger partial charge in [-0.1, -0.05) is 6.07 Å². The van der Waals surface area contributed by atoms with Crippen LogP contribution in [0.4, 0.5) is 5.82 Å². The Morgan fingerprint density at radius 3 is 3.05 bits per heavy atom. The highest BCUT2D eigenvalue weighted by molar-refractivity contribution is 5.88. The monoisotopic (exact) mass is 254 g/mol. The van der Waals surface area contributed by atoms with Crippen LogP contribution in [0, 0.1) is 0 Å². The third-order valence-corrected chi connectivity index (χ3v) is 4.39. The van der Waals surface area contributed by atoms with E-state index in [1.165, 1.54) is 24.8 Å². The van der Waals surface area contributed by atoms with E-state index in [1.807, 2.05) is 24.5 Å². The Morgan fingerprint density at radius 1 is 1.05 bits per heavy atom. The van der Waals surface area contributed by atoms with Gasteiger partial charge in [-0.15, -0.1) is 0 Å². The normalized spacial score (nSPS) is 23.8. The van der Waals surface area contributed by atoms with E-state index in [1.54, 1.807) is 0 Å². The van der Waals surface area contributed by atoms with Crippen LogP contribution < -0.4 is 4.90 Å². The van der Waals surface area contributed by atoms with Gasteiger partial charge in [0.1, 0.15) is 5.52 Å². The number of nitrogens with zero attached hydrogens (tertiary/aromatic N) is 4. The molecule has 98 valence electrons. The molecule has 0 saturated carbocycles. The van der Waals surface area contributed by atoms with Gasteiger partial charge >= 0.3 is 0 Å². The highest BCUT2D eigenvalue weighted by Gasteiger charge is 2.31. The van der Waals surface area contributed by atoms with Gasteiger partial charge in [0.15, 0.2) is 5.82 Å². The molecule has 0 unspecified atom stereocenters. The Morgan fingerprint density at radius 2 is 2.05 bits per heavy atom. The average molecular weight is 254 g/mol. The molecular formula is C15H18N4. The summed E-state index contributed by atoms with van der Waals surface area (Å²) < 4.78 is 0. The summed E-state index contributed by atoms with van der Waals surface area (Å²) >= 11 is 0. The third kappa shape index (κ3) is 1.87. The van der Waals surface area contributed by atoms with E-state index in [9.17, 15) is 0 Å². The summed E-state index contributed by atoms with van der Waals surface area (Å²) in [5.41, 5.74) is 1.04. The van der Waals surface area contributed by atoms with E-state index in [0.29, 0.717) is 0 Å². The largest absolute Gasteiger partial charge is 0.352 e. The first-order chi connectivity index (χ1) is 9.42. The lowest BCUT2D eigenvalue weighted by Crippen LogP contribution is -2.50. The Kier molecular flexibility index (Phi) is 2.62. The highest BCUT2D eigenvalue weighted by Crippen LogP contribution is 2.27. The maximum absolute atomic E-state index is 4.59. The van der Waals surface area contributed by atoms with Crippen molar-refractivity contribution in [2.45, 2.75) is 18.9 Å². The predicted octanol–water partition coefficient (Wildman–Crippen LogP) is 1.91. The molecule has 0 amide bonds. The SMILES string of the molecule is c1cnc2c(N3CCN4CCC[C@H]4C3)nccc2c1. The van der Waals surface area contributed by atoms with Gasteiger partial charge in [0.05, 0.1) is 0 Å². The van der Waals surface area contributed by atoms with Crippen molar-refractivity contribution in [3.8, 4) is 0 Å². The molecule has 0 aliphatic carbocycles. The van der Waals surface area contributed by atoms with E-state index in [-0.39, 0.29) is 0 Å². The molecule has 1 atom stereocenters. The molecule has 0 spiro atoms. The van der Waals surface area contributed by atoms with Crippen molar-refractivity contribution in [1.82, 2.24) is 14.9 Å². The van der Waals surface area contributed by atoms with Crippen LogP contribution in [-0.4, -0.2) is 47.1 Å². The number of fused-ring (bicyclic) bond motifs is 2. The van der Waals surface area contributed by atoms with E-state index in [4.69, 9.17) is 0 Å². The van der Waals surface area contributed by atoms with Crippen LogP contribution in [0.3, 0.4) is 0 Å². The first-order valence-electron chi connectivity index (χ1n) is 7.10. The fourth-order valence-corrected chi connectivity index (χ4v) is 3.40. The van der Waals surface area contributed by atoms with Crippen LogP contribution in [-0.2, 0) is 0 Å². The molecule has 0 aromatic carbocycles. The van der Waals surface area contributed by atoms with Crippen molar-refractivity contribution in [1.29, 1.82) is 0 Å². The van der Waals surface area contributed by atoms with Gasteiger partial charge < -0.3 is 4.90 Å². The van der Waals surface area contributed by atoms with E-state index < -0.39 is 0 Å². The van der Waals surface area contributed by atoms with Gasteiger partial charge in [-0.05, 0) is 31.5 Å². The minimum atomic E-state index is 0.717. The van der Waals surface area contributed by atoms with Crippen LogP contribution >= 0.6 is 0 Å². The van der Waals surface area contributed by atoms with Crippen molar-refractivity contribution in [2.75, 3.05) is 31.1 Å². The Balaban J connectivity index is 1.70. The summed E-state index contributed by atoms with van der Waals surface area (Å²) in [6.45, 7) is 4.61. The number of piperazine rings is 1.